The van der Waals surface area contributed by atoms with Crippen molar-refractivity contribution in [2.75, 3.05) is 39.4 Å². The van der Waals surface area contributed by atoms with Crippen molar-refractivity contribution >= 4 is 5.91 Å². The summed E-state index contributed by atoms with van der Waals surface area (Å²) in [5.74, 6) is 0.315. The standard InChI is InChI=1S/C17H28N4O2/c22-17(6-3-8-20-9-4-7-18-20)21-10-2-1-5-16(21)15-19-11-13-23-14-12-19/h4,7,9,16H,1-3,5-6,8,10-15H2. The zero-order valence-electron chi connectivity index (χ0n) is 13.9. The van der Waals surface area contributed by atoms with E-state index in [2.05, 4.69) is 14.9 Å². The predicted molar refractivity (Wildman–Crippen MR) is 88.1 cm³/mol. The highest BCUT2D eigenvalue weighted by molar-refractivity contribution is 5.76. The number of carbonyl (C=O) groups excluding carboxylic acids is 1. The van der Waals surface area contributed by atoms with Gasteiger partial charge in [-0.05, 0) is 31.7 Å². The van der Waals surface area contributed by atoms with Crippen molar-refractivity contribution in [3.05, 3.63) is 18.5 Å². The molecule has 23 heavy (non-hydrogen) atoms. The Kier molecular flexibility index (Phi) is 6.05. The number of aromatic nitrogens is 2. The molecule has 2 fully saturated rings. The minimum Gasteiger partial charge on any atom is -0.379 e. The molecule has 2 saturated heterocycles. The summed E-state index contributed by atoms with van der Waals surface area (Å²) in [5.41, 5.74) is 0. The predicted octanol–water partition coefficient (Wildman–Crippen LogP) is 1.38. The molecule has 0 aliphatic carbocycles. The molecule has 2 aliphatic rings. The number of nitrogens with zero attached hydrogens (tertiary/aromatic N) is 4. The van der Waals surface area contributed by atoms with Crippen LogP contribution >= 0.6 is 0 Å². The van der Waals surface area contributed by atoms with E-state index in [4.69, 9.17) is 4.74 Å². The van der Waals surface area contributed by atoms with Crippen molar-refractivity contribution in [3.8, 4) is 0 Å². The number of hydrogen-bond acceptors (Lipinski definition) is 4. The third-order valence-corrected chi connectivity index (χ3v) is 4.86. The lowest BCUT2D eigenvalue weighted by atomic mass is 10.0. The second-order valence-electron chi connectivity index (χ2n) is 6.52. The molecule has 1 amide bonds. The van der Waals surface area contributed by atoms with Crippen LogP contribution in [-0.2, 0) is 16.1 Å². The van der Waals surface area contributed by atoms with E-state index in [1.165, 1.54) is 6.42 Å². The molecular weight excluding hydrogens is 292 g/mol. The first-order valence-corrected chi connectivity index (χ1v) is 8.90. The van der Waals surface area contributed by atoms with Crippen molar-refractivity contribution in [2.45, 2.75) is 44.7 Å². The normalized spacial score (nSPS) is 23.1. The Balaban J connectivity index is 1.47. The highest BCUT2D eigenvalue weighted by Crippen LogP contribution is 2.20. The summed E-state index contributed by atoms with van der Waals surface area (Å²) in [5, 5.41) is 4.19. The largest absolute Gasteiger partial charge is 0.379 e. The topological polar surface area (TPSA) is 50.6 Å². The summed E-state index contributed by atoms with van der Waals surface area (Å²) >= 11 is 0. The van der Waals surface area contributed by atoms with E-state index in [-0.39, 0.29) is 0 Å². The first kappa shape index (κ1) is 16.5. The van der Waals surface area contributed by atoms with Gasteiger partial charge in [-0.3, -0.25) is 14.4 Å². The average molecular weight is 320 g/mol. The van der Waals surface area contributed by atoms with E-state index in [1.807, 2.05) is 16.9 Å². The van der Waals surface area contributed by atoms with E-state index >= 15 is 0 Å². The van der Waals surface area contributed by atoms with Crippen LogP contribution in [0.3, 0.4) is 0 Å². The van der Waals surface area contributed by atoms with Crippen LogP contribution in [0.15, 0.2) is 18.5 Å². The Labute approximate surface area is 138 Å². The molecule has 0 spiro atoms. The molecular formula is C17H28N4O2. The van der Waals surface area contributed by atoms with Crippen LogP contribution < -0.4 is 0 Å². The molecule has 3 rings (SSSR count). The van der Waals surface area contributed by atoms with Gasteiger partial charge in [0.2, 0.25) is 5.91 Å². The molecule has 1 unspecified atom stereocenters. The van der Waals surface area contributed by atoms with Crippen molar-refractivity contribution < 1.29 is 9.53 Å². The lowest BCUT2D eigenvalue weighted by Gasteiger charge is -2.39. The van der Waals surface area contributed by atoms with E-state index in [1.54, 1.807) is 6.20 Å². The lowest BCUT2D eigenvalue weighted by molar-refractivity contribution is -0.135. The highest BCUT2D eigenvalue weighted by Gasteiger charge is 2.28. The SMILES string of the molecule is O=C(CCCn1cccn1)N1CCCCC1CN1CCOCC1. The molecule has 128 valence electrons. The Morgan fingerprint density at radius 1 is 1.22 bits per heavy atom. The van der Waals surface area contributed by atoms with Crippen LogP contribution in [0.4, 0.5) is 0 Å². The maximum Gasteiger partial charge on any atom is 0.222 e. The van der Waals surface area contributed by atoms with Crippen molar-refractivity contribution in [1.82, 2.24) is 19.6 Å². The van der Waals surface area contributed by atoms with E-state index in [0.717, 1.165) is 65.2 Å². The second kappa shape index (κ2) is 8.45. The lowest BCUT2D eigenvalue weighted by Crippen LogP contribution is -2.51. The first-order valence-electron chi connectivity index (χ1n) is 8.90. The van der Waals surface area contributed by atoms with Gasteiger partial charge in [-0.1, -0.05) is 0 Å². The monoisotopic (exact) mass is 320 g/mol. The third kappa shape index (κ3) is 4.78. The van der Waals surface area contributed by atoms with Gasteiger partial charge < -0.3 is 9.64 Å². The fraction of sp³-hybridized carbons (Fsp3) is 0.765. The number of aryl methyl sites for hydroxylation is 1. The molecule has 2 aliphatic heterocycles. The number of hydrogen-bond donors (Lipinski definition) is 0. The fourth-order valence-corrected chi connectivity index (χ4v) is 3.57. The minimum atomic E-state index is 0.315. The number of amides is 1. The van der Waals surface area contributed by atoms with Gasteiger partial charge in [0.1, 0.15) is 0 Å². The molecule has 6 heteroatoms. The maximum atomic E-state index is 12.6. The number of piperidine rings is 1. The molecule has 6 nitrogen and oxygen atoms in total. The molecule has 0 aromatic carbocycles. The van der Waals surface area contributed by atoms with Gasteiger partial charge >= 0.3 is 0 Å². The summed E-state index contributed by atoms with van der Waals surface area (Å²) in [4.78, 5) is 17.2. The molecule has 1 atom stereocenters. The van der Waals surface area contributed by atoms with Crippen molar-refractivity contribution in [1.29, 1.82) is 0 Å². The van der Waals surface area contributed by atoms with Gasteiger partial charge in [-0.2, -0.15) is 5.10 Å². The van der Waals surface area contributed by atoms with Gasteiger partial charge in [0, 0.05) is 57.6 Å². The van der Waals surface area contributed by atoms with Gasteiger partial charge in [0.25, 0.3) is 0 Å². The second-order valence-corrected chi connectivity index (χ2v) is 6.52. The summed E-state index contributed by atoms with van der Waals surface area (Å²) < 4.78 is 7.32. The molecule has 0 radical (unpaired) electrons. The van der Waals surface area contributed by atoms with Gasteiger partial charge in [-0.25, -0.2) is 0 Å². The zero-order valence-corrected chi connectivity index (χ0v) is 13.9. The molecule has 0 N–H and O–H groups in total. The number of likely N-dealkylation sites (tertiary alicyclic amines) is 1. The van der Waals surface area contributed by atoms with Gasteiger partial charge in [0.15, 0.2) is 0 Å². The van der Waals surface area contributed by atoms with Crippen LogP contribution in [0.2, 0.25) is 0 Å². The van der Waals surface area contributed by atoms with Crippen molar-refractivity contribution in [3.63, 3.8) is 0 Å². The molecule has 1 aromatic heterocycles. The maximum absolute atomic E-state index is 12.6. The highest BCUT2D eigenvalue weighted by atomic mass is 16.5. The summed E-state index contributed by atoms with van der Waals surface area (Å²) in [6.07, 6.45) is 8.75. The van der Waals surface area contributed by atoms with Crippen LogP contribution in [0.1, 0.15) is 32.1 Å². The molecule has 0 saturated carbocycles. The van der Waals surface area contributed by atoms with Crippen LogP contribution in [0, 0.1) is 0 Å². The fourth-order valence-electron chi connectivity index (χ4n) is 3.57. The van der Waals surface area contributed by atoms with Gasteiger partial charge in [0.05, 0.1) is 13.2 Å². The first-order chi connectivity index (χ1) is 11.3. The van der Waals surface area contributed by atoms with E-state index in [9.17, 15) is 4.79 Å². The zero-order chi connectivity index (χ0) is 15.9. The number of ether oxygens (including phenoxy) is 1. The Bertz CT molecular complexity index is 471. The minimum absolute atomic E-state index is 0.315. The third-order valence-electron chi connectivity index (χ3n) is 4.86. The number of carbonyl (C=O) groups is 1. The summed E-state index contributed by atoms with van der Waals surface area (Å²) in [6, 6.07) is 2.31. The Hall–Kier alpha value is -1.40. The van der Waals surface area contributed by atoms with E-state index < -0.39 is 0 Å². The molecule has 1 aromatic rings. The Morgan fingerprint density at radius 3 is 2.87 bits per heavy atom. The van der Waals surface area contributed by atoms with E-state index in [0.29, 0.717) is 18.4 Å². The quantitative estimate of drug-likeness (QED) is 0.794. The molecule has 3 heterocycles. The number of morpholine rings is 1. The smallest absolute Gasteiger partial charge is 0.222 e. The average Bonchev–Trinajstić information content (AvgIpc) is 3.09. The van der Waals surface area contributed by atoms with Gasteiger partial charge in [-0.15, -0.1) is 0 Å². The Morgan fingerprint density at radius 2 is 2.09 bits per heavy atom. The summed E-state index contributed by atoms with van der Waals surface area (Å²) in [6.45, 7) is 6.40. The number of rotatable bonds is 6. The van der Waals surface area contributed by atoms with Crippen LogP contribution in [0.5, 0.6) is 0 Å². The summed E-state index contributed by atoms with van der Waals surface area (Å²) in [7, 11) is 0. The van der Waals surface area contributed by atoms with Crippen LogP contribution in [0.25, 0.3) is 0 Å². The van der Waals surface area contributed by atoms with Crippen LogP contribution in [-0.4, -0.2) is 70.9 Å². The van der Waals surface area contributed by atoms with Crippen molar-refractivity contribution in [2.24, 2.45) is 0 Å². The molecule has 0 bridgehead atoms.